The second kappa shape index (κ2) is 7.06. The highest BCUT2D eigenvalue weighted by Gasteiger charge is 2.29. The van der Waals surface area contributed by atoms with Crippen molar-refractivity contribution in [3.63, 3.8) is 0 Å². The van der Waals surface area contributed by atoms with E-state index in [1.165, 1.54) is 4.31 Å². The van der Waals surface area contributed by atoms with E-state index in [9.17, 15) is 8.42 Å². The summed E-state index contributed by atoms with van der Waals surface area (Å²) in [7, 11) is -3.46. The highest BCUT2D eigenvalue weighted by atomic mass is 32.2. The van der Waals surface area contributed by atoms with Gasteiger partial charge >= 0.3 is 0 Å². The standard InChI is InChI=1S/C11H24N4O2S/c1-2-7-15(10-11(12)13)18(16,17)14-8-5-3-4-6-9-14/h2-10H2,1H3,(H3,12,13). The van der Waals surface area contributed by atoms with Gasteiger partial charge in [0.15, 0.2) is 0 Å². The third kappa shape index (κ3) is 4.22. The Labute approximate surface area is 110 Å². The second-order valence-electron chi connectivity index (χ2n) is 4.68. The average Bonchev–Trinajstić information content (AvgIpc) is 2.56. The van der Waals surface area contributed by atoms with Crippen molar-refractivity contribution in [2.45, 2.75) is 39.0 Å². The molecule has 0 atom stereocenters. The summed E-state index contributed by atoms with van der Waals surface area (Å²) in [6.45, 7) is 3.50. The van der Waals surface area contributed by atoms with Crippen molar-refractivity contribution in [3.8, 4) is 0 Å². The number of nitrogens with two attached hydrogens (primary N) is 1. The summed E-state index contributed by atoms with van der Waals surface area (Å²) in [5.74, 6) is -0.109. The van der Waals surface area contributed by atoms with E-state index in [0.717, 1.165) is 32.1 Å². The molecular weight excluding hydrogens is 252 g/mol. The molecule has 1 fully saturated rings. The summed E-state index contributed by atoms with van der Waals surface area (Å²) in [6.07, 6.45) is 4.73. The van der Waals surface area contributed by atoms with E-state index < -0.39 is 10.2 Å². The van der Waals surface area contributed by atoms with Crippen LogP contribution in [0.2, 0.25) is 0 Å². The molecule has 0 spiro atoms. The smallest absolute Gasteiger partial charge is 0.282 e. The number of hydrogen-bond acceptors (Lipinski definition) is 3. The summed E-state index contributed by atoms with van der Waals surface area (Å²) in [4.78, 5) is 0. The van der Waals surface area contributed by atoms with Crippen LogP contribution in [0.15, 0.2) is 0 Å². The Bertz CT molecular complexity index is 361. The van der Waals surface area contributed by atoms with Crippen LogP contribution in [-0.4, -0.2) is 49.0 Å². The number of rotatable bonds is 6. The molecule has 6 nitrogen and oxygen atoms in total. The number of hydrogen-bond donors (Lipinski definition) is 2. The third-order valence-electron chi connectivity index (χ3n) is 3.04. The fourth-order valence-electron chi connectivity index (χ4n) is 2.15. The van der Waals surface area contributed by atoms with Gasteiger partial charge in [-0.25, -0.2) is 0 Å². The first-order valence-electron chi connectivity index (χ1n) is 6.56. The topological polar surface area (TPSA) is 90.5 Å². The second-order valence-corrected chi connectivity index (χ2v) is 6.61. The van der Waals surface area contributed by atoms with Gasteiger partial charge in [-0.2, -0.15) is 17.0 Å². The minimum absolute atomic E-state index is 0.00727. The van der Waals surface area contributed by atoms with E-state index in [1.54, 1.807) is 4.31 Å². The number of amidine groups is 1. The van der Waals surface area contributed by atoms with Crippen LogP contribution in [0.25, 0.3) is 0 Å². The van der Waals surface area contributed by atoms with Gasteiger partial charge in [0.2, 0.25) is 0 Å². The molecule has 7 heteroatoms. The van der Waals surface area contributed by atoms with Crippen molar-refractivity contribution in [2.24, 2.45) is 5.73 Å². The SMILES string of the molecule is CCCN(CC(=N)N)S(=O)(=O)N1CCCCCC1. The first kappa shape index (κ1) is 15.4. The maximum absolute atomic E-state index is 12.5. The van der Waals surface area contributed by atoms with E-state index in [0.29, 0.717) is 19.6 Å². The predicted octanol–water partition coefficient (Wildman–Crippen LogP) is 0.755. The Morgan fingerprint density at radius 3 is 2.28 bits per heavy atom. The molecule has 0 aromatic heterocycles. The molecule has 1 aliphatic rings. The molecule has 0 radical (unpaired) electrons. The molecule has 1 rings (SSSR count). The molecule has 0 amide bonds. The van der Waals surface area contributed by atoms with Crippen molar-refractivity contribution in [1.82, 2.24) is 8.61 Å². The number of nitrogens with one attached hydrogen (secondary N) is 1. The van der Waals surface area contributed by atoms with Crippen LogP contribution in [0.4, 0.5) is 0 Å². The summed E-state index contributed by atoms with van der Waals surface area (Å²) in [5, 5.41) is 7.29. The van der Waals surface area contributed by atoms with E-state index in [-0.39, 0.29) is 12.4 Å². The monoisotopic (exact) mass is 276 g/mol. The van der Waals surface area contributed by atoms with Crippen molar-refractivity contribution >= 4 is 16.0 Å². The zero-order chi connectivity index (χ0) is 13.6. The molecule has 18 heavy (non-hydrogen) atoms. The first-order chi connectivity index (χ1) is 8.48. The van der Waals surface area contributed by atoms with E-state index in [4.69, 9.17) is 11.1 Å². The Hall–Kier alpha value is -0.660. The summed E-state index contributed by atoms with van der Waals surface area (Å²) < 4.78 is 27.8. The lowest BCUT2D eigenvalue weighted by atomic mass is 10.2. The van der Waals surface area contributed by atoms with Crippen LogP contribution in [0.5, 0.6) is 0 Å². The Balaban J connectivity index is 2.81. The molecule has 3 N–H and O–H groups in total. The average molecular weight is 276 g/mol. The quantitative estimate of drug-likeness (QED) is 0.554. The molecule has 0 saturated carbocycles. The molecule has 1 saturated heterocycles. The van der Waals surface area contributed by atoms with E-state index >= 15 is 0 Å². The lowest BCUT2D eigenvalue weighted by molar-refractivity contribution is 0.356. The van der Waals surface area contributed by atoms with Crippen LogP contribution in [0.1, 0.15) is 39.0 Å². The molecule has 1 aliphatic heterocycles. The highest BCUT2D eigenvalue weighted by Crippen LogP contribution is 2.16. The maximum atomic E-state index is 12.5. The summed E-state index contributed by atoms with van der Waals surface area (Å²) >= 11 is 0. The van der Waals surface area contributed by atoms with Gasteiger partial charge in [-0.1, -0.05) is 19.8 Å². The molecule has 1 heterocycles. The van der Waals surface area contributed by atoms with Gasteiger partial charge in [0.05, 0.1) is 6.54 Å². The third-order valence-corrected chi connectivity index (χ3v) is 5.02. The van der Waals surface area contributed by atoms with E-state index in [1.807, 2.05) is 6.92 Å². The normalized spacial score (nSPS) is 18.8. The zero-order valence-corrected chi connectivity index (χ0v) is 11.9. The fourth-order valence-corrected chi connectivity index (χ4v) is 3.91. The van der Waals surface area contributed by atoms with E-state index in [2.05, 4.69) is 0 Å². The molecule has 0 aromatic carbocycles. The highest BCUT2D eigenvalue weighted by molar-refractivity contribution is 7.86. The van der Waals surface area contributed by atoms with Gasteiger partial charge in [-0.05, 0) is 19.3 Å². The minimum atomic E-state index is -3.46. The van der Waals surface area contributed by atoms with Gasteiger partial charge in [-0.15, -0.1) is 0 Å². The number of nitrogens with zero attached hydrogens (tertiary/aromatic N) is 2. The fraction of sp³-hybridized carbons (Fsp3) is 0.909. The van der Waals surface area contributed by atoms with Gasteiger partial charge in [0, 0.05) is 19.6 Å². The lowest BCUT2D eigenvalue weighted by Crippen LogP contribution is -2.47. The zero-order valence-electron chi connectivity index (χ0n) is 11.1. The summed E-state index contributed by atoms with van der Waals surface area (Å²) in [5.41, 5.74) is 5.34. The van der Waals surface area contributed by atoms with Crippen LogP contribution >= 0.6 is 0 Å². The molecule has 0 bridgehead atoms. The van der Waals surface area contributed by atoms with Crippen LogP contribution in [-0.2, 0) is 10.2 Å². The maximum Gasteiger partial charge on any atom is 0.282 e. The van der Waals surface area contributed by atoms with Crippen molar-refractivity contribution in [2.75, 3.05) is 26.2 Å². The van der Waals surface area contributed by atoms with Gasteiger partial charge in [-0.3, -0.25) is 5.41 Å². The van der Waals surface area contributed by atoms with Gasteiger partial charge in [0.1, 0.15) is 5.84 Å². The summed E-state index contributed by atoms with van der Waals surface area (Å²) in [6, 6.07) is 0. The van der Waals surface area contributed by atoms with Crippen LogP contribution in [0, 0.1) is 5.41 Å². The molecule has 0 aliphatic carbocycles. The van der Waals surface area contributed by atoms with Crippen molar-refractivity contribution in [3.05, 3.63) is 0 Å². The lowest BCUT2D eigenvalue weighted by Gasteiger charge is -2.28. The Kier molecular flexibility index (Phi) is 6.04. The first-order valence-corrected chi connectivity index (χ1v) is 7.96. The van der Waals surface area contributed by atoms with Crippen molar-refractivity contribution < 1.29 is 8.42 Å². The van der Waals surface area contributed by atoms with Gasteiger partial charge in [0.25, 0.3) is 10.2 Å². The Morgan fingerprint density at radius 2 is 1.83 bits per heavy atom. The van der Waals surface area contributed by atoms with Gasteiger partial charge < -0.3 is 5.73 Å². The molecule has 0 aromatic rings. The molecular formula is C11H24N4O2S. The van der Waals surface area contributed by atoms with Crippen LogP contribution < -0.4 is 5.73 Å². The molecule has 0 unspecified atom stereocenters. The minimum Gasteiger partial charge on any atom is -0.387 e. The van der Waals surface area contributed by atoms with Crippen LogP contribution in [0.3, 0.4) is 0 Å². The Morgan fingerprint density at radius 1 is 1.28 bits per heavy atom. The predicted molar refractivity (Wildman–Crippen MR) is 72.7 cm³/mol. The van der Waals surface area contributed by atoms with Crippen molar-refractivity contribution in [1.29, 1.82) is 5.41 Å². The molecule has 106 valence electrons. The largest absolute Gasteiger partial charge is 0.387 e.